The molecule has 1 aliphatic rings. The van der Waals surface area contributed by atoms with Gasteiger partial charge in [-0.05, 0) is 31.2 Å². The van der Waals surface area contributed by atoms with E-state index in [-0.39, 0.29) is 16.9 Å². The number of alkyl halides is 3. The number of halogens is 4. The molecule has 0 saturated carbocycles. The lowest BCUT2D eigenvalue weighted by atomic mass is 9.84. The number of benzene rings is 2. The molecule has 2 aromatic carbocycles. The molecule has 0 bridgehead atoms. The van der Waals surface area contributed by atoms with Crippen LogP contribution in [0.4, 0.5) is 23.2 Å². The molecule has 0 fully saturated rings. The molecule has 0 aliphatic carbocycles. The number of carbonyl (C=O) groups is 3. The van der Waals surface area contributed by atoms with E-state index in [1.807, 2.05) is 0 Å². The van der Waals surface area contributed by atoms with E-state index in [0.29, 0.717) is 4.90 Å². The van der Waals surface area contributed by atoms with Crippen LogP contribution in [0.2, 0.25) is 0 Å². The minimum atomic E-state index is -5.33. The summed E-state index contributed by atoms with van der Waals surface area (Å²) in [6.45, 7) is 1.99. The number of carbonyl (C=O) groups excluding carboxylic acids is 3. The summed E-state index contributed by atoms with van der Waals surface area (Å²) in [7, 11) is 0. The van der Waals surface area contributed by atoms with E-state index in [0.717, 1.165) is 31.2 Å². The van der Waals surface area contributed by atoms with Gasteiger partial charge in [0.2, 0.25) is 11.4 Å². The molecule has 1 atom stereocenters. The maximum absolute atomic E-state index is 14.4. The van der Waals surface area contributed by atoms with Gasteiger partial charge < -0.3 is 5.32 Å². The maximum Gasteiger partial charge on any atom is 0.425 e. The average molecular weight is 420 g/mol. The summed E-state index contributed by atoms with van der Waals surface area (Å²) in [5.41, 5.74) is -4.96. The summed E-state index contributed by atoms with van der Waals surface area (Å²) in [5.74, 6) is -4.44. The number of amides is 2. The molecule has 30 heavy (non-hydrogen) atoms. The van der Waals surface area contributed by atoms with Crippen LogP contribution in [0.1, 0.15) is 24.2 Å². The van der Waals surface area contributed by atoms with Gasteiger partial charge in [0.1, 0.15) is 5.82 Å². The number of hydrogen-bond acceptors (Lipinski definition) is 3. The quantitative estimate of drug-likeness (QED) is 0.605. The van der Waals surface area contributed by atoms with Gasteiger partial charge in [0, 0.05) is 23.9 Å². The molecular formula is C21H16F4N2O3. The van der Waals surface area contributed by atoms with Crippen molar-refractivity contribution in [2.24, 2.45) is 0 Å². The number of anilines is 1. The smallest absolute Gasteiger partial charge is 0.331 e. The van der Waals surface area contributed by atoms with Crippen LogP contribution in [0.3, 0.4) is 0 Å². The molecule has 0 unspecified atom stereocenters. The van der Waals surface area contributed by atoms with Crippen LogP contribution in [0.5, 0.6) is 0 Å². The third-order valence-corrected chi connectivity index (χ3v) is 4.73. The zero-order valence-corrected chi connectivity index (χ0v) is 15.9. The van der Waals surface area contributed by atoms with E-state index in [1.54, 1.807) is 11.4 Å². The molecule has 0 aromatic heterocycles. The van der Waals surface area contributed by atoms with Crippen molar-refractivity contribution >= 4 is 23.3 Å². The predicted octanol–water partition coefficient (Wildman–Crippen LogP) is 3.77. The van der Waals surface area contributed by atoms with Gasteiger partial charge in [-0.25, -0.2) is 4.39 Å². The van der Waals surface area contributed by atoms with Gasteiger partial charge in [-0.1, -0.05) is 30.3 Å². The Morgan fingerprint density at radius 1 is 1.00 bits per heavy atom. The van der Waals surface area contributed by atoms with Crippen molar-refractivity contribution < 1.29 is 31.9 Å². The van der Waals surface area contributed by atoms with Crippen molar-refractivity contribution in [1.29, 1.82) is 0 Å². The van der Waals surface area contributed by atoms with Crippen LogP contribution in [0, 0.1) is 5.82 Å². The topological polar surface area (TPSA) is 66.5 Å². The molecule has 9 heteroatoms. The van der Waals surface area contributed by atoms with Crippen LogP contribution in [-0.4, -0.2) is 29.3 Å². The Hall–Kier alpha value is -3.49. The van der Waals surface area contributed by atoms with Crippen LogP contribution < -0.4 is 10.2 Å². The molecule has 5 nitrogen and oxygen atoms in total. The Kier molecular flexibility index (Phi) is 5.23. The van der Waals surface area contributed by atoms with Gasteiger partial charge in [0.25, 0.3) is 5.91 Å². The lowest BCUT2D eigenvalue weighted by molar-refractivity contribution is -0.188. The molecule has 1 heterocycles. The minimum absolute atomic E-state index is 0.0752. The molecule has 0 spiro atoms. The summed E-state index contributed by atoms with van der Waals surface area (Å²) in [6.07, 6.45) is -5.33. The third-order valence-electron chi connectivity index (χ3n) is 4.73. The first-order chi connectivity index (χ1) is 14.0. The van der Waals surface area contributed by atoms with Crippen molar-refractivity contribution in [1.82, 2.24) is 5.32 Å². The molecule has 0 saturated heterocycles. The van der Waals surface area contributed by atoms with E-state index in [4.69, 9.17) is 0 Å². The number of Topliss-reactive ketones (excluding diaryl/α,β-unsaturated/α-hetero) is 1. The van der Waals surface area contributed by atoms with Crippen molar-refractivity contribution in [2.75, 3.05) is 4.90 Å². The highest BCUT2D eigenvalue weighted by atomic mass is 19.4. The zero-order valence-electron chi connectivity index (χ0n) is 15.9. The van der Waals surface area contributed by atoms with E-state index in [2.05, 4.69) is 0 Å². The Morgan fingerprint density at radius 3 is 2.07 bits per heavy atom. The number of nitrogens with zero attached hydrogens (tertiary/aromatic N) is 1. The first kappa shape index (κ1) is 21.2. The highest BCUT2D eigenvalue weighted by Crippen LogP contribution is 2.47. The fourth-order valence-electron chi connectivity index (χ4n) is 3.49. The van der Waals surface area contributed by atoms with Gasteiger partial charge in [0.15, 0.2) is 5.78 Å². The second kappa shape index (κ2) is 7.40. The average Bonchev–Trinajstić information content (AvgIpc) is 2.89. The Morgan fingerprint density at radius 2 is 1.57 bits per heavy atom. The summed E-state index contributed by atoms with van der Waals surface area (Å²) in [4.78, 5) is 38.7. The fourth-order valence-corrected chi connectivity index (χ4v) is 3.49. The van der Waals surface area contributed by atoms with E-state index >= 15 is 0 Å². The summed E-state index contributed by atoms with van der Waals surface area (Å²) < 4.78 is 56.4. The maximum atomic E-state index is 14.4. The monoisotopic (exact) mass is 420 g/mol. The number of nitrogens with one attached hydrogen (secondary N) is 1. The second-order valence-corrected chi connectivity index (χ2v) is 6.70. The molecule has 1 N–H and O–H groups in total. The second-order valence-electron chi connectivity index (χ2n) is 6.70. The molecule has 1 aliphatic heterocycles. The SMILES string of the molecule is CC(=O)N[C@]1(C(F)(F)F)C(=O)N(c2ccc(F)cc2)C(C)=C1C(=O)c1ccccc1. The Balaban J connectivity index is 2.31. The first-order valence-electron chi connectivity index (χ1n) is 8.77. The predicted molar refractivity (Wildman–Crippen MR) is 100.0 cm³/mol. The standard InChI is InChI=1S/C21H16F4N2O3/c1-12-17(18(29)14-6-4-3-5-7-14)20(21(23,24)25,26-13(2)28)19(30)27(12)16-10-8-15(22)9-11-16/h3-11H,1-2H3,(H,26,28)/t20-/m0/s1. The van der Waals surface area contributed by atoms with Crippen LogP contribution in [0.25, 0.3) is 0 Å². The molecule has 3 rings (SSSR count). The van der Waals surface area contributed by atoms with Crippen molar-refractivity contribution in [3.8, 4) is 0 Å². The number of hydrogen-bond donors (Lipinski definition) is 1. The van der Waals surface area contributed by atoms with Gasteiger partial charge in [-0.15, -0.1) is 0 Å². The summed E-state index contributed by atoms with van der Waals surface area (Å²) in [6, 6.07) is 11.3. The highest BCUT2D eigenvalue weighted by Gasteiger charge is 2.70. The molecule has 156 valence electrons. The summed E-state index contributed by atoms with van der Waals surface area (Å²) in [5, 5.41) is 1.68. The minimum Gasteiger partial charge on any atom is -0.331 e. The number of ketones is 1. The zero-order chi connectivity index (χ0) is 22.3. The Labute approximate surface area is 169 Å². The van der Waals surface area contributed by atoms with Gasteiger partial charge in [-0.2, -0.15) is 13.2 Å². The molecule has 2 amide bonds. The number of allylic oxidation sites excluding steroid dienone is 1. The fraction of sp³-hybridized carbons (Fsp3) is 0.190. The highest BCUT2D eigenvalue weighted by molar-refractivity contribution is 6.23. The summed E-state index contributed by atoms with van der Waals surface area (Å²) >= 11 is 0. The van der Waals surface area contributed by atoms with Crippen LogP contribution in [-0.2, 0) is 9.59 Å². The van der Waals surface area contributed by atoms with E-state index in [1.165, 1.54) is 31.2 Å². The molecular weight excluding hydrogens is 404 g/mol. The van der Waals surface area contributed by atoms with Crippen molar-refractivity contribution in [3.05, 3.63) is 77.2 Å². The normalized spacial score (nSPS) is 19.3. The van der Waals surface area contributed by atoms with Crippen molar-refractivity contribution in [2.45, 2.75) is 25.6 Å². The molecule has 0 radical (unpaired) electrons. The first-order valence-corrected chi connectivity index (χ1v) is 8.77. The largest absolute Gasteiger partial charge is 0.425 e. The van der Waals surface area contributed by atoms with E-state index < -0.39 is 40.7 Å². The lowest BCUT2D eigenvalue weighted by Crippen LogP contribution is -2.66. The molecule has 2 aromatic rings. The Bertz CT molecular complexity index is 1050. The third kappa shape index (κ3) is 3.26. The lowest BCUT2D eigenvalue weighted by Gasteiger charge is -2.33. The van der Waals surface area contributed by atoms with Crippen LogP contribution >= 0.6 is 0 Å². The van der Waals surface area contributed by atoms with Gasteiger partial charge in [0.05, 0.1) is 5.57 Å². The van der Waals surface area contributed by atoms with Gasteiger partial charge >= 0.3 is 6.18 Å². The van der Waals surface area contributed by atoms with Gasteiger partial charge in [-0.3, -0.25) is 19.3 Å². The van der Waals surface area contributed by atoms with E-state index in [9.17, 15) is 31.9 Å². The number of rotatable bonds is 4. The van der Waals surface area contributed by atoms with Crippen LogP contribution in [0.15, 0.2) is 65.9 Å². The van der Waals surface area contributed by atoms with Crippen molar-refractivity contribution in [3.63, 3.8) is 0 Å².